The fourth-order valence-corrected chi connectivity index (χ4v) is 2.97. The zero-order chi connectivity index (χ0) is 13.6. The molecule has 0 saturated heterocycles. The lowest BCUT2D eigenvalue weighted by atomic mass is 10.2. The van der Waals surface area contributed by atoms with Gasteiger partial charge in [0.15, 0.2) is 0 Å². The smallest absolute Gasteiger partial charge is 0.118 e. The van der Waals surface area contributed by atoms with Crippen LogP contribution in [0.4, 0.5) is 0 Å². The van der Waals surface area contributed by atoms with Crippen molar-refractivity contribution in [2.45, 2.75) is 24.7 Å². The molecule has 1 rings (SSSR count). The predicted molar refractivity (Wildman–Crippen MR) is 79.8 cm³/mol. The van der Waals surface area contributed by atoms with Crippen LogP contribution in [0.25, 0.3) is 5.76 Å². The lowest BCUT2D eigenvalue weighted by Gasteiger charge is -2.31. The summed E-state index contributed by atoms with van der Waals surface area (Å²) in [5, 5.41) is 0. The molecule has 0 aliphatic rings. The number of hydrogen-bond acceptors (Lipinski definition) is 3. The Morgan fingerprint density at radius 1 is 1.50 bits per heavy atom. The Kier molecular flexibility index (Phi) is 5.72. The minimum absolute atomic E-state index is 0.612. The van der Waals surface area contributed by atoms with Gasteiger partial charge in [-0.2, -0.15) is 0 Å². The van der Waals surface area contributed by atoms with E-state index in [0.717, 1.165) is 29.8 Å². The third-order valence-corrected chi connectivity index (χ3v) is 4.71. The number of nitrogens with one attached hydrogen (secondary N) is 1. The molecule has 2 N–H and O–H groups in total. The summed E-state index contributed by atoms with van der Waals surface area (Å²) in [5.41, 5.74) is 0.903. The molecule has 0 aliphatic carbocycles. The number of hydrogen-bond donors (Lipinski definition) is 2. The van der Waals surface area contributed by atoms with E-state index in [4.69, 9.17) is 4.74 Å². The molecule has 0 saturated carbocycles. The van der Waals surface area contributed by atoms with E-state index < -0.39 is 10.5 Å². The van der Waals surface area contributed by atoms with Gasteiger partial charge in [0.25, 0.3) is 0 Å². The van der Waals surface area contributed by atoms with Gasteiger partial charge in [0.1, 0.15) is 5.76 Å². The SMILES string of the molecule is C=C(OC)c1cccc(S(C)(O)NCCCC)c1. The molecule has 0 radical (unpaired) electrons. The molecule has 0 amide bonds. The van der Waals surface area contributed by atoms with Crippen LogP contribution < -0.4 is 4.72 Å². The Labute approximate surface area is 112 Å². The zero-order valence-corrected chi connectivity index (χ0v) is 12.2. The topological polar surface area (TPSA) is 41.5 Å². The molecular weight excluding hydrogens is 246 g/mol. The molecule has 102 valence electrons. The molecule has 0 aliphatic heterocycles. The minimum atomic E-state index is -1.94. The van der Waals surface area contributed by atoms with Crippen LogP contribution in [0.3, 0.4) is 0 Å². The first-order valence-electron chi connectivity index (χ1n) is 6.10. The van der Waals surface area contributed by atoms with Gasteiger partial charge in [-0.3, -0.25) is 4.72 Å². The second kappa shape index (κ2) is 6.83. The van der Waals surface area contributed by atoms with Gasteiger partial charge >= 0.3 is 0 Å². The van der Waals surface area contributed by atoms with Crippen molar-refractivity contribution < 1.29 is 9.29 Å². The number of unbranched alkanes of at least 4 members (excludes halogenated alkanes) is 1. The first-order valence-corrected chi connectivity index (χ1v) is 8.10. The van der Waals surface area contributed by atoms with Crippen LogP contribution in [-0.4, -0.2) is 24.5 Å². The van der Waals surface area contributed by atoms with E-state index in [2.05, 4.69) is 18.2 Å². The lowest BCUT2D eigenvalue weighted by Crippen LogP contribution is -2.20. The summed E-state index contributed by atoms with van der Waals surface area (Å²) < 4.78 is 18.8. The number of methoxy groups -OCH3 is 1. The molecule has 0 spiro atoms. The Balaban J connectivity index is 2.84. The van der Waals surface area contributed by atoms with E-state index in [1.54, 1.807) is 7.11 Å². The highest BCUT2D eigenvalue weighted by atomic mass is 32.3. The Morgan fingerprint density at radius 2 is 2.22 bits per heavy atom. The third-order valence-electron chi connectivity index (χ3n) is 2.77. The van der Waals surface area contributed by atoms with E-state index in [1.807, 2.05) is 30.5 Å². The van der Waals surface area contributed by atoms with E-state index in [0.29, 0.717) is 5.76 Å². The van der Waals surface area contributed by atoms with Crippen molar-refractivity contribution in [2.24, 2.45) is 0 Å². The highest BCUT2D eigenvalue weighted by molar-refractivity contribution is 8.27. The van der Waals surface area contributed by atoms with Crippen LogP contribution in [0.5, 0.6) is 0 Å². The van der Waals surface area contributed by atoms with Gasteiger partial charge in [-0.25, -0.2) is 0 Å². The van der Waals surface area contributed by atoms with E-state index in [-0.39, 0.29) is 0 Å². The molecule has 0 aromatic heterocycles. The minimum Gasteiger partial charge on any atom is -0.497 e. The first kappa shape index (κ1) is 15.1. The molecule has 1 atom stereocenters. The molecule has 4 heteroatoms. The second-order valence-electron chi connectivity index (χ2n) is 4.28. The number of benzene rings is 1. The fraction of sp³-hybridized carbons (Fsp3) is 0.429. The van der Waals surface area contributed by atoms with E-state index in [9.17, 15) is 4.55 Å². The Morgan fingerprint density at radius 3 is 2.83 bits per heavy atom. The Hall–Kier alpha value is -0.970. The molecule has 3 nitrogen and oxygen atoms in total. The van der Waals surface area contributed by atoms with Crippen molar-refractivity contribution in [1.29, 1.82) is 0 Å². The summed E-state index contributed by atoms with van der Waals surface area (Å²) in [6.07, 6.45) is 4.02. The standard InChI is InChI=1S/C14H23NO2S/c1-5-6-10-15-18(4,16)14-9-7-8-13(11-14)12(2)17-3/h7-9,11,15-16H,2,5-6,10H2,1,3-4H3. The van der Waals surface area contributed by atoms with E-state index in [1.165, 1.54) is 0 Å². The molecule has 18 heavy (non-hydrogen) atoms. The van der Waals surface area contributed by atoms with Crippen LogP contribution in [0.2, 0.25) is 0 Å². The van der Waals surface area contributed by atoms with Crippen molar-refractivity contribution in [3.8, 4) is 0 Å². The van der Waals surface area contributed by atoms with Gasteiger partial charge in [0.05, 0.1) is 7.11 Å². The summed E-state index contributed by atoms with van der Waals surface area (Å²) in [6.45, 7) is 6.79. The third kappa shape index (κ3) is 4.05. The van der Waals surface area contributed by atoms with Crippen LogP contribution >= 0.6 is 10.5 Å². The second-order valence-corrected chi connectivity index (χ2v) is 6.79. The zero-order valence-electron chi connectivity index (χ0n) is 11.4. The van der Waals surface area contributed by atoms with Gasteiger partial charge in [-0.1, -0.05) is 42.6 Å². The van der Waals surface area contributed by atoms with Crippen LogP contribution in [-0.2, 0) is 4.74 Å². The summed E-state index contributed by atoms with van der Waals surface area (Å²) in [6, 6.07) is 7.70. The molecule has 0 fully saturated rings. The van der Waals surface area contributed by atoms with Gasteiger partial charge in [0, 0.05) is 23.3 Å². The average Bonchev–Trinajstić information content (AvgIpc) is 2.38. The van der Waals surface area contributed by atoms with Gasteiger partial charge < -0.3 is 9.29 Å². The largest absolute Gasteiger partial charge is 0.497 e. The highest BCUT2D eigenvalue weighted by Gasteiger charge is 2.16. The number of ether oxygens (including phenoxy) is 1. The first-order chi connectivity index (χ1) is 8.51. The lowest BCUT2D eigenvalue weighted by molar-refractivity contribution is 0.371. The van der Waals surface area contributed by atoms with Crippen molar-refractivity contribution in [3.05, 3.63) is 36.4 Å². The van der Waals surface area contributed by atoms with Gasteiger partial charge in [0.2, 0.25) is 0 Å². The van der Waals surface area contributed by atoms with Crippen LogP contribution in [0.1, 0.15) is 25.3 Å². The van der Waals surface area contributed by atoms with Crippen molar-refractivity contribution >= 4 is 16.3 Å². The fourth-order valence-electron chi connectivity index (χ4n) is 1.57. The quantitative estimate of drug-likeness (QED) is 0.583. The Bertz CT molecular complexity index is 405. The molecular formula is C14H23NO2S. The van der Waals surface area contributed by atoms with E-state index >= 15 is 0 Å². The summed E-state index contributed by atoms with van der Waals surface area (Å²) in [4.78, 5) is 0.898. The maximum Gasteiger partial charge on any atom is 0.118 e. The summed E-state index contributed by atoms with van der Waals surface area (Å²) >= 11 is 0. The molecule has 1 aromatic carbocycles. The number of rotatable bonds is 7. The molecule has 1 unspecified atom stereocenters. The maximum absolute atomic E-state index is 10.5. The predicted octanol–water partition coefficient (Wildman–Crippen LogP) is 3.87. The molecule has 0 bridgehead atoms. The van der Waals surface area contributed by atoms with Gasteiger partial charge in [-0.05, 0) is 18.6 Å². The average molecular weight is 269 g/mol. The van der Waals surface area contributed by atoms with Gasteiger partial charge in [-0.15, -0.1) is 0 Å². The van der Waals surface area contributed by atoms with Crippen molar-refractivity contribution in [3.63, 3.8) is 0 Å². The monoisotopic (exact) mass is 269 g/mol. The van der Waals surface area contributed by atoms with Crippen molar-refractivity contribution in [2.75, 3.05) is 19.9 Å². The van der Waals surface area contributed by atoms with Crippen LogP contribution in [0.15, 0.2) is 35.7 Å². The molecule has 0 heterocycles. The highest BCUT2D eigenvalue weighted by Crippen LogP contribution is 2.44. The molecule has 1 aromatic rings. The van der Waals surface area contributed by atoms with Crippen LogP contribution in [0, 0.1) is 0 Å². The normalized spacial score (nSPS) is 15.8. The maximum atomic E-state index is 10.5. The summed E-state index contributed by atoms with van der Waals surface area (Å²) in [7, 11) is -0.347. The van der Waals surface area contributed by atoms with Crippen molar-refractivity contribution in [1.82, 2.24) is 4.72 Å². The summed E-state index contributed by atoms with van der Waals surface area (Å²) in [5.74, 6) is 0.612.